The van der Waals surface area contributed by atoms with E-state index in [9.17, 15) is 9.59 Å². The van der Waals surface area contributed by atoms with E-state index < -0.39 is 31.6 Å². The minimum absolute atomic E-state index is 0.209. The van der Waals surface area contributed by atoms with Crippen LogP contribution in [0.2, 0.25) is 25.7 Å². The molecular formula is C34H50N2O6Si. The first-order chi connectivity index (χ1) is 20.1. The van der Waals surface area contributed by atoms with E-state index in [4.69, 9.17) is 18.9 Å². The van der Waals surface area contributed by atoms with Gasteiger partial charge in [-0.15, -0.1) is 0 Å². The van der Waals surface area contributed by atoms with E-state index in [0.29, 0.717) is 32.6 Å². The minimum atomic E-state index is -1.39. The van der Waals surface area contributed by atoms with Crippen LogP contribution in [0.4, 0.5) is 9.59 Å². The number of carbonyl (C=O) groups excluding carboxylic acids is 2. The van der Waals surface area contributed by atoms with Gasteiger partial charge >= 0.3 is 12.2 Å². The third kappa shape index (κ3) is 9.06. The fraction of sp³-hybridized carbons (Fsp3) is 0.588. The van der Waals surface area contributed by atoms with Gasteiger partial charge in [-0.05, 0) is 64.6 Å². The first kappa shape index (κ1) is 33.0. The summed E-state index contributed by atoms with van der Waals surface area (Å²) in [5.74, 6) is 0. The van der Waals surface area contributed by atoms with Crippen LogP contribution in [0.3, 0.4) is 0 Å². The van der Waals surface area contributed by atoms with Gasteiger partial charge in [-0.3, -0.25) is 9.80 Å². The fourth-order valence-corrected chi connectivity index (χ4v) is 6.57. The molecule has 2 fully saturated rings. The Kier molecular flexibility index (Phi) is 10.3. The Morgan fingerprint density at radius 2 is 1.56 bits per heavy atom. The van der Waals surface area contributed by atoms with Gasteiger partial charge in [0.05, 0.1) is 37.9 Å². The van der Waals surface area contributed by atoms with Crippen molar-refractivity contribution in [2.75, 3.05) is 13.2 Å². The van der Waals surface area contributed by atoms with Gasteiger partial charge < -0.3 is 18.9 Å². The highest BCUT2D eigenvalue weighted by Crippen LogP contribution is 2.40. The molecule has 0 saturated carbocycles. The van der Waals surface area contributed by atoms with E-state index in [2.05, 4.69) is 31.8 Å². The molecule has 2 aromatic rings. The van der Waals surface area contributed by atoms with Crippen molar-refractivity contribution < 1.29 is 28.5 Å². The number of carbonyl (C=O) groups is 2. The van der Waals surface area contributed by atoms with Gasteiger partial charge in [0.15, 0.2) is 0 Å². The zero-order valence-electron chi connectivity index (χ0n) is 27.2. The summed E-state index contributed by atoms with van der Waals surface area (Å²) < 4.78 is 24.8. The van der Waals surface area contributed by atoms with Gasteiger partial charge in [0.25, 0.3) is 0 Å². The van der Waals surface area contributed by atoms with Crippen LogP contribution in [-0.4, -0.2) is 78.8 Å². The van der Waals surface area contributed by atoms with Crippen molar-refractivity contribution >= 4 is 20.3 Å². The maximum Gasteiger partial charge on any atom is 0.412 e. The molecule has 236 valence electrons. The predicted molar refractivity (Wildman–Crippen MR) is 171 cm³/mol. The summed E-state index contributed by atoms with van der Waals surface area (Å²) in [5.41, 5.74) is 0.554. The molecule has 2 aliphatic heterocycles. The lowest BCUT2D eigenvalue weighted by atomic mass is 9.94. The zero-order valence-corrected chi connectivity index (χ0v) is 28.2. The van der Waals surface area contributed by atoms with Crippen LogP contribution in [0.5, 0.6) is 0 Å². The molecule has 2 unspecified atom stereocenters. The summed E-state index contributed by atoms with van der Waals surface area (Å²) in [4.78, 5) is 30.9. The normalized spacial score (nSPS) is 23.8. The lowest BCUT2D eigenvalue weighted by molar-refractivity contribution is -0.0861. The number of hydrogen-bond acceptors (Lipinski definition) is 6. The Morgan fingerprint density at radius 3 is 2.14 bits per heavy atom. The number of rotatable bonds is 9. The average molecular weight is 611 g/mol. The molecule has 0 N–H and O–H groups in total. The molecule has 2 heterocycles. The minimum Gasteiger partial charge on any atom is -0.450 e. The van der Waals surface area contributed by atoms with Gasteiger partial charge in [-0.1, -0.05) is 80.3 Å². The molecule has 0 aromatic heterocycles. The lowest BCUT2D eigenvalue weighted by Crippen LogP contribution is -2.52. The molecule has 4 atom stereocenters. The van der Waals surface area contributed by atoms with E-state index in [1.165, 1.54) is 0 Å². The second-order valence-corrected chi connectivity index (χ2v) is 20.1. The number of hydrogen-bond donors (Lipinski definition) is 0. The van der Waals surface area contributed by atoms with Crippen LogP contribution >= 0.6 is 0 Å². The van der Waals surface area contributed by atoms with Crippen molar-refractivity contribution in [3.63, 3.8) is 0 Å². The third-order valence-corrected chi connectivity index (χ3v) is 9.62. The number of benzene rings is 2. The SMILES string of the molecule is CC(C)(C)OC(=O)N1C[C@H](OCc2ccccc2)C[C@@H]1C1OC(C)(C)N(C(=O)OCC[Si](C)(C)C)C1Cc1ccccc1. The number of likely N-dealkylation sites (tertiary alicyclic amines) is 1. The fourth-order valence-electron chi connectivity index (χ4n) is 5.86. The van der Waals surface area contributed by atoms with Crippen LogP contribution in [0.25, 0.3) is 0 Å². The highest BCUT2D eigenvalue weighted by Gasteiger charge is 2.56. The first-order valence-corrected chi connectivity index (χ1v) is 19.2. The first-order valence-electron chi connectivity index (χ1n) is 15.5. The maximum absolute atomic E-state index is 13.7. The van der Waals surface area contributed by atoms with Crippen molar-refractivity contribution in [2.45, 2.75) is 115 Å². The Labute approximate surface area is 258 Å². The molecule has 8 nitrogen and oxygen atoms in total. The Balaban J connectivity index is 1.63. The van der Waals surface area contributed by atoms with Gasteiger partial charge in [-0.25, -0.2) is 9.59 Å². The molecule has 2 aliphatic rings. The van der Waals surface area contributed by atoms with Gasteiger partial charge in [0, 0.05) is 8.07 Å². The monoisotopic (exact) mass is 610 g/mol. The van der Waals surface area contributed by atoms with Crippen LogP contribution in [-0.2, 0) is 32.0 Å². The summed E-state index contributed by atoms with van der Waals surface area (Å²) in [6.45, 7) is 17.4. The van der Waals surface area contributed by atoms with Crippen molar-refractivity contribution in [2.24, 2.45) is 0 Å². The van der Waals surface area contributed by atoms with E-state index in [1.54, 1.807) is 9.80 Å². The second kappa shape index (κ2) is 13.4. The van der Waals surface area contributed by atoms with E-state index >= 15 is 0 Å². The molecule has 2 amide bonds. The largest absolute Gasteiger partial charge is 0.450 e. The molecule has 0 radical (unpaired) electrons. The zero-order chi connectivity index (χ0) is 31.4. The number of ether oxygens (including phenoxy) is 4. The topological polar surface area (TPSA) is 77.5 Å². The molecule has 9 heteroatoms. The van der Waals surface area contributed by atoms with Crippen molar-refractivity contribution in [1.82, 2.24) is 9.80 Å². The lowest BCUT2D eigenvalue weighted by Gasteiger charge is -2.34. The summed E-state index contributed by atoms with van der Waals surface area (Å²) in [5, 5.41) is 0. The van der Waals surface area contributed by atoms with Gasteiger partial charge in [0.2, 0.25) is 0 Å². The van der Waals surface area contributed by atoms with Crippen LogP contribution < -0.4 is 0 Å². The van der Waals surface area contributed by atoms with Crippen molar-refractivity contribution in [3.8, 4) is 0 Å². The average Bonchev–Trinajstić information content (AvgIpc) is 3.45. The highest BCUT2D eigenvalue weighted by atomic mass is 28.3. The van der Waals surface area contributed by atoms with Crippen LogP contribution in [0.1, 0.15) is 52.2 Å². The molecule has 43 heavy (non-hydrogen) atoms. The number of amides is 2. The molecule has 4 rings (SSSR count). The molecule has 0 aliphatic carbocycles. The Bertz CT molecular complexity index is 1210. The quantitative estimate of drug-likeness (QED) is 0.282. The summed E-state index contributed by atoms with van der Waals surface area (Å²) in [6, 6.07) is 20.3. The Hall–Kier alpha value is -2.88. The Morgan fingerprint density at radius 1 is 0.953 bits per heavy atom. The van der Waals surface area contributed by atoms with E-state index in [-0.39, 0.29) is 24.3 Å². The van der Waals surface area contributed by atoms with Crippen molar-refractivity contribution in [1.29, 1.82) is 0 Å². The molecule has 2 aromatic carbocycles. The molecule has 0 bridgehead atoms. The van der Waals surface area contributed by atoms with Crippen LogP contribution in [0.15, 0.2) is 60.7 Å². The smallest absolute Gasteiger partial charge is 0.412 e. The second-order valence-electron chi connectivity index (χ2n) is 14.4. The molecule has 0 spiro atoms. The van der Waals surface area contributed by atoms with Crippen LogP contribution in [0, 0.1) is 0 Å². The van der Waals surface area contributed by atoms with Gasteiger partial charge in [-0.2, -0.15) is 0 Å². The van der Waals surface area contributed by atoms with E-state index in [0.717, 1.165) is 17.2 Å². The standard InChI is InChI=1S/C34H50N2O6Si/c1-33(2,3)42-31(37)35-23-27(40-24-26-17-13-10-14-18-26)22-28(35)30-29(21-25-15-11-9-12-16-25)36(34(4,5)41-30)32(38)39-19-20-43(6,7)8/h9-18,27-30H,19-24H2,1-8H3/t27-,28-,29?,30?/m1/s1. The number of nitrogens with zero attached hydrogens (tertiary/aromatic N) is 2. The van der Waals surface area contributed by atoms with Crippen molar-refractivity contribution in [3.05, 3.63) is 71.8 Å². The maximum atomic E-state index is 13.7. The third-order valence-electron chi connectivity index (χ3n) is 7.92. The van der Waals surface area contributed by atoms with Gasteiger partial charge in [0.1, 0.15) is 17.4 Å². The molecule has 2 saturated heterocycles. The summed E-state index contributed by atoms with van der Waals surface area (Å²) >= 11 is 0. The predicted octanol–water partition coefficient (Wildman–Crippen LogP) is 7.10. The molecular weight excluding hydrogens is 560 g/mol. The summed E-state index contributed by atoms with van der Waals surface area (Å²) in [6.07, 6.45) is -0.343. The summed E-state index contributed by atoms with van der Waals surface area (Å²) in [7, 11) is -1.39. The highest BCUT2D eigenvalue weighted by molar-refractivity contribution is 6.76. The van der Waals surface area contributed by atoms with E-state index in [1.807, 2.05) is 83.1 Å².